The van der Waals surface area contributed by atoms with Crippen molar-refractivity contribution in [2.24, 2.45) is 11.8 Å². The molecule has 2 unspecified atom stereocenters. The first-order valence-corrected chi connectivity index (χ1v) is 9.97. The van der Waals surface area contributed by atoms with Crippen LogP contribution in [-0.4, -0.2) is 49.3 Å². The van der Waals surface area contributed by atoms with Crippen molar-refractivity contribution in [1.82, 2.24) is 9.88 Å². The van der Waals surface area contributed by atoms with Gasteiger partial charge in [-0.25, -0.2) is 4.79 Å². The fourth-order valence-electron chi connectivity index (χ4n) is 5.35. The van der Waals surface area contributed by atoms with Crippen molar-refractivity contribution in [3.8, 4) is 5.75 Å². The number of methoxy groups -OCH3 is 2. The molecule has 0 radical (unpaired) electrons. The molecule has 6 heteroatoms. The van der Waals surface area contributed by atoms with Crippen LogP contribution in [-0.2, 0) is 20.7 Å². The number of carbonyl (C=O) groups excluding carboxylic acids is 1. The quantitative estimate of drug-likeness (QED) is 0.809. The Kier molecular flexibility index (Phi) is 4.12. The van der Waals surface area contributed by atoms with E-state index in [1.54, 1.807) is 13.4 Å². The maximum Gasteiger partial charge on any atom is 0.337 e. The lowest BCUT2D eigenvalue weighted by molar-refractivity contribution is -0.139. The minimum absolute atomic E-state index is 0.104. The number of H-pyrrole nitrogens is 1. The van der Waals surface area contributed by atoms with Crippen LogP contribution in [0.4, 0.5) is 0 Å². The number of aromatic amines is 1. The van der Waals surface area contributed by atoms with E-state index in [9.17, 15) is 4.79 Å². The van der Waals surface area contributed by atoms with Gasteiger partial charge >= 0.3 is 5.97 Å². The number of carbonyl (C=O) groups is 1. The Balaban J connectivity index is 1.54. The molecule has 0 saturated carbocycles. The van der Waals surface area contributed by atoms with Gasteiger partial charge < -0.3 is 19.2 Å². The first kappa shape index (κ1) is 17.6. The SMILES string of the molecule is COC(=O)C1=CO[C@@H](C)C2CN3CCc4c([nH]c5cc(OC)ccc45)[C@H]3CC12. The molecule has 5 rings (SSSR count). The average molecular weight is 382 g/mol. The second kappa shape index (κ2) is 6.55. The molecule has 3 aliphatic heterocycles. The molecule has 1 aromatic carbocycles. The van der Waals surface area contributed by atoms with Crippen molar-refractivity contribution < 1.29 is 19.0 Å². The van der Waals surface area contributed by atoms with E-state index in [0.717, 1.165) is 37.2 Å². The summed E-state index contributed by atoms with van der Waals surface area (Å²) in [7, 11) is 3.13. The number of nitrogens with zero attached hydrogens (tertiary/aromatic N) is 1. The smallest absolute Gasteiger partial charge is 0.337 e. The van der Waals surface area contributed by atoms with Crippen LogP contribution in [0.2, 0.25) is 0 Å². The molecule has 4 atom stereocenters. The van der Waals surface area contributed by atoms with Gasteiger partial charge in [0.2, 0.25) is 0 Å². The van der Waals surface area contributed by atoms with E-state index in [0.29, 0.717) is 11.5 Å². The van der Waals surface area contributed by atoms with Gasteiger partial charge in [-0.15, -0.1) is 0 Å². The number of hydrogen-bond acceptors (Lipinski definition) is 5. The van der Waals surface area contributed by atoms with E-state index >= 15 is 0 Å². The Morgan fingerprint density at radius 2 is 2.18 bits per heavy atom. The molecule has 6 nitrogen and oxygen atoms in total. The number of esters is 1. The summed E-state index contributed by atoms with van der Waals surface area (Å²) in [6.45, 7) is 4.07. The van der Waals surface area contributed by atoms with E-state index < -0.39 is 0 Å². The molecule has 0 aliphatic carbocycles. The van der Waals surface area contributed by atoms with Crippen molar-refractivity contribution in [3.05, 3.63) is 41.3 Å². The Morgan fingerprint density at radius 1 is 1.32 bits per heavy atom. The molecule has 1 aromatic heterocycles. The number of ether oxygens (including phenoxy) is 3. The predicted molar refractivity (Wildman–Crippen MR) is 105 cm³/mol. The Labute approximate surface area is 164 Å². The molecule has 4 heterocycles. The summed E-state index contributed by atoms with van der Waals surface area (Å²) in [6, 6.07) is 6.53. The third-order valence-electron chi connectivity index (χ3n) is 6.84. The molecular formula is C22H26N2O4. The van der Waals surface area contributed by atoms with Crippen molar-refractivity contribution in [3.63, 3.8) is 0 Å². The molecule has 0 spiro atoms. The molecule has 0 amide bonds. The molecule has 2 aromatic rings. The fourth-order valence-corrected chi connectivity index (χ4v) is 5.35. The van der Waals surface area contributed by atoms with Crippen LogP contribution < -0.4 is 4.74 Å². The van der Waals surface area contributed by atoms with Crippen LogP contribution in [0.25, 0.3) is 10.9 Å². The second-order valence-corrected chi connectivity index (χ2v) is 8.10. The van der Waals surface area contributed by atoms with E-state index in [-0.39, 0.29) is 24.0 Å². The highest BCUT2D eigenvalue weighted by Crippen LogP contribution is 2.47. The zero-order valence-electron chi connectivity index (χ0n) is 16.5. The van der Waals surface area contributed by atoms with Crippen LogP contribution in [0.3, 0.4) is 0 Å². The highest BCUT2D eigenvalue weighted by molar-refractivity contribution is 5.89. The van der Waals surface area contributed by atoms with Crippen molar-refractivity contribution in [2.75, 3.05) is 27.3 Å². The first-order chi connectivity index (χ1) is 13.6. The normalized spacial score (nSPS) is 29.2. The van der Waals surface area contributed by atoms with E-state index in [1.807, 2.05) is 6.07 Å². The molecule has 148 valence electrons. The molecule has 1 N–H and O–H groups in total. The fraction of sp³-hybridized carbons (Fsp3) is 0.500. The van der Waals surface area contributed by atoms with Crippen LogP contribution in [0.1, 0.15) is 30.6 Å². The van der Waals surface area contributed by atoms with Gasteiger partial charge in [-0.3, -0.25) is 4.90 Å². The molecular weight excluding hydrogens is 356 g/mol. The summed E-state index contributed by atoms with van der Waals surface area (Å²) in [4.78, 5) is 18.6. The number of aromatic nitrogens is 1. The third kappa shape index (κ3) is 2.54. The highest BCUT2D eigenvalue weighted by Gasteiger charge is 2.46. The summed E-state index contributed by atoms with van der Waals surface area (Å²) in [6.07, 6.45) is 3.67. The zero-order valence-corrected chi connectivity index (χ0v) is 16.5. The van der Waals surface area contributed by atoms with Crippen LogP contribution in [0.15, 0.2) is 30.0 Å². The number of hydrogen-bond donors (Lipinski definition) is 1. The van der Waals surface area contributed by atoms with Crippen molar-refractivity contribution in [2.45, 2.75) is 31.9 Å². The maximum absolute atomic E-state index is 12.3. The number of benzene rings is 1. The van der Waals surface area contributed by atoms with E-state index in [4.69, 9.17) is 14.2 Å². The van der Waals surface area contributed by atoms with Crippen LogP contribution >= 0.6 is 0 Å². The number of nitrogens with one attached hydrogen (secondary N) is 1. The maximum atomic E-state index is 12.3. The minimum atomic E-state index is -0.271. The average Bonchev–Trinajstić information content (AvgIpc) is 3.10. The van der Waals surface area contributed by atoms with Gasteiger partial charge in [-0.1, -0.05) is 0 Å². The van der Waals surface area contributed by atoms with Gasteiger partial charge in [0, 0.05) is 47.6 Å². The van der Waals surface area contributed by atoms with E-state index in [2.05, 4.69) is 28.9 Å². The Morgan fingerprint density at radius 3 is 2.96 bits per heavy atom. The van der Waals surface area contributed by atoms with Gasteiger partial charge in [0.25, 0.3) is 0 Å². The van der Waals surface area contributed by atoms with Crippen molar-refractivity contribution in [1.29, 1.82) is 0 Å². The number of rotatable bonds is 2. The summed E-state index contributed by atoms with van der Waals surface area (Å²) in [5.74, 6) is 1.05. The minimum Gasteiger partial charge on any atom is -0.497 e. The van der Waals surface area contributed by atoms with Gasteiger partial charge in [0.05, 0.1) is 38.2 Å². The number of piperidine rings is 1. The van der Waals surface area contributed by atoms with E-state index in [1.165, 1.54) is 23.8 Å². The second-order valence-electron chi connectivity index (χ2n) is 8.10. The zero-order chi connectivity index (χ0) is 19.4. The van der Waals surface area contributed by atoms with Crippen LogP contribution in [0, 0.1) is 11.8 Å². The highest BCUT2D eigenvalue weighted by atomic mass is 16.5. The summed E-state index contributed by atoms with van der Waals surface area (Å²) in [5.41, 5.74) is 4.49. The predicted octanol–water partition coefficient (Wildman–Crippen LogP) is 3.19. The molecule has 28 heavy (non-hydrogen) atoms. The Bertz CT molecular complexity index is 963. The molecule has 1 saturated heterocycles. The van der Waals surface area contributed by atoms with Gasteiger partial charge in [-0.2, -0.15) is 0 Å². The third-order valence-corrected chi connectivity index (χ3v) is 6.84. The van der Waals surface area contributed by atoms with Crippen molar-refractivity contribution >= 4 is 16.9 Å². The molecule has 3 aliphatic rings. The summed E-state index contributed by atoms with van der Waals surface area (Å²) >= 11 is 0. The van der Waals surface area contributed by atoms with Gasteiger partial charge in [-0.05, 0) is 37.5 Å². The van der Waals surface area contributed by atoms with Crippen LogP contribution in [0.5, 0.6) is 5.75 Å². The lowest BCUT2D eigenvalue weighted by atomic mass is 9.72. The monoisotopic (exact) mass is 382 g/mol. The topological polar surface area (TPSA) is 63.8 Å². The largest absolute Gasteiger partial charge is 0.497 e. The lowest BCUT2D eigenvalue weighted by Crippen LogP contribution is -2.51. The molecule has 0 bridgehead atoms. The Hall–Kier alpha value is -2.47. The first-order valence-electron chi connectivity index (χ1n) is 9.97. The summed E-state index contributed by atoms with van der Waals surface area (Å²) < 4.78 is 16.2. The lowest BCUT2D eigenvalue weighted by Gasteiger charge is -2.49. The van der Waals surface area contributed by atoms with Gasteiger partial charge in [0.1, 0.15) is 5.75 Å². The standard InChI is InChI=1S/C22H26N2O4/c1-12-17-10-24-7-6-15-14-5-4-13(26-2)8-19(14)23-21(15)20(24)9-16(17)18(11-28-12)22(25)27-3/h4-5,8,11-12,16-17,20,23H,6-7,9-10H2,1-3H3/t12-,16?,17?,20+/m0/s1. The summed E-state index contributed by atoms with van der Waals surface area (Å²) in [5, 5.41) is 1.28. The number of fused-ring (bicyclic) bond motifs is 6. The molecule has 1 fully saturated rings. The van der Waals surface area contributed by atoms with Gasteiger partial charge in [0.15, 0.2) is 0 Å².